The number of hydrogen-bond acceptors (Lipinski definition) is 3. The predicted molar refractivity (Wildman–Crippen MR) is 99.3 cm³/mol. The van der Waals surface area contributed by atoms with Gasteiger partial charge >= 0.3 is 0 Å². The number of carbonyl (C=O) groups excluding carboxylic acids is 2. The first-order valence-electron chi connectivity index (χ1n) is 9.04. The lowest BCUT2D eigenvalue weighted by Crippen LogP contribution is -2.60. The quantitative estimate of drug-likeness (QED) is 0.732. The van der Waals surface area contributed by atoms with Crippen molar-refractivity contribution in [2.45, 2.75) is 19.0 Å². The molecule has 2 aromatic rings. The summed E-state index contributed by atoms with van der Waals surface area (Å²) < 4.78 is 32.4. The summed E-state index contributed by atoms with van der Waals surface area (Å²) in [6, 6.07) is 11.8. The molecule has 1 saturated heterocycles. The highest BCUT2D eigenvalue weighted by Gasteiger charge is 2.39. The van der Waals surface area contributed by atoms with Crippen LogP contribution in [0, 0.1) is 11.6 Å². The van der Waals surface area contributed by atoms with Gasteiger partial charge < -0.3 is 14.5 Å². The molecule has 1 aliphatic heterocycles. The van der Waals surface area contributed by atoms with Crippen LogP contribution in [0.25, 0.3) is 0 Å². The standard InChI is InChI=1S/C21H22F2N2O3/c1-28-10-9-24-14-20(26)25(13-16-7-8-17(22)12-18(16)23)19(21(24)27)11-15-5-3-2-4-6-15/h2-8,12,19H,9-11,13-14H2,1H3/t19-/m1/s1. The largest absolute Gasteiger partial charge is 0.383 e. The zero-order valence-corrected chi connectivity index (χ0v) is 15.6. The van der Waals surface area contributed by atoms with Crippen LogP contribution in [0.4, 0.5) is 8.78 Å². The van der Waals surface area contributed by atoms with Gasteiger partial charge in [0.25, 0.3) is 0 Å². The minimum absolute atomic E-state index is 0.0870. The van der Waals surface area contributed by atoms with Gasteiger partial charge in [-0.1, -0.05) is 36.4 Å². The first-order chi connectivity index (χ1) is 13.5. The molecule has 0 N–H and O–H groups in total. The first kappa shape index (κ1) is 19.9. The fourth-order valence-electron chi connectivity index (χ4n) is 3.31. The predicted octanol–water partition coefficient (Wildman–Crippen LogP) is 2.39. The molecular formula is C21H22F2N2O3. The number of hydrogen-bond donors (Lipinski definition) is 0. The monoisotopic (exact) mass is 388 g/mol. The van der Waals surface area contributed by atoms with Crippen molar-refractivity contribution in [3.63, 3.8) is 0 Å². The molecule has 0 spiro atoms. The Morgan fingerprint density at radius 2 is 1.86 bits per heavy atom. The van der Waals surface area contributed by atoms with Gasteiger partial charge in [-0.3, -0.25) is 9.59 Å². The number of ether oxygens (including phenoxy) is 1. The van der Waals surface area contributed by atoms with Gasteiger partial charge in [0.15, 0.2) is 0 Å². The van der Waals surface area contributed by atoms with E-state index in [2.05, 4.69) is 0 Å². The molecular weight excluding hydrogens is 366 g/mol. The summed E-state index contributed by atoms with van der Waals surface area (Å²) >= 11 is 0. The van der Waals surface area contributed by atoms with E-state index in [4.69, 9.17) is 4.74 Å². The van der Waals surface area contributed by atoms with Crippen molar-refractivity contribution in [2.75, 3.05) is 26.8 Å². The second kappa shape index (κ2) is 8.93. The smallest absolute Gasteiger partial charge is 0.246 e. The summed E-state index contributed by atoms with van der Waals surface area (Å²) in [5, 5.41) is 0. The Hall–Kier alpha value is -2.80. The molecule has 1 heterocycles. The molecule has 0 radical (unpaired) electrons. The van der Waals surface area contributed by atoms with Gasteiger partial charge in [-0.25, -0.2) is 8.78 Å². The Morgan fingerprint density at radius 3 is 2.54 bits per heavy atom. The van der Waals surface area contributed by atoms with E-state index < -0.39 is 17.7 Å². The zero-order valence-electron chi connectivity index (χ0n) is 15.6. The highest BCUT2D eigenvalue weighted by molar-refractivity contribution is 5.95. The van der Waals surface area contributed by atoms with E-state index in [-0.39, 0.29) is 30.5 Å². The third kappa shape index (κ3) is 4.54. The van der Waals surface area contributed by atoms with Crippen molar-refractivity contribution in [1.29, 1.82) is 0 Å². The Kier molecular flexibility index (Phi) is 6.36. The molecule has 7 heteroatoms. The molecule has 0 bridgehead atoms. The maximum absolute atomic E-state index is 14.1. The second-order valence-corrected chi connectivity index (χ2v) is 6.72. The number of methoxy groups -OCH3 is 1. The first-order valence-corrected chi connectivity index (χ1v) is 9.04. The Balaban J connectivity index is 1.88. The van der Waals surface area contributed by atoms with E-state index >= 15 is 0 Å². The van der Waals surface area contributed by atoms with Crippen LogP contribution >= 0.6 is 0 Å². The highest BCUT2D eigenvalue weighted by Crippen LogP contribution is 2.21. The van der Waals surface area contributed by atoms with Crippen molar-refractivity contribution in [2.24, 2.45) is 0 Å². The molecule has 2 aromatic carbocycles. The average molecular weight is 388 g/mol. The van der Waals surface area contributed by atoms with Crippen molar-refractivity contribution < 1.29 is 23.1 Å². The van der Waals surface area contributed by atoms with Gasteiger partial charge in [-0.2, -0.15) is 0 Å². The second-order valence-electron chi connectivity index (χ2n) is 6.72. The van der Waals surface area contributed by atoms with E-state index in [9.17, 15) is 18.4 Å². The Labute approximate surface area is 162 Å². The third-order valence-electron chi connectivity index (χ3n) is 4.81. The van der Waals surface area contributed by atoms with Crippen molar-refractivity contribution in [3.05, 3.63) is 71.3 Å². The Morgan fingerprint density at radius 1 is 1.11 bits per heavy atom. The number of halogens is 2. The molecule has 1 aliphatic rings. The minimum atomic E-state index is -0.759. The molecule has 5 nitrogen and oxygen atoms in total. The molecule has 0 aromatic heterocycles. The van der Waals surface area contributed by atoms with Crippen LogP contribution in [-0.4, -0.2) is 54.5 Å². The van der Waals surface area contributed by atoms with Gasteiger partial charge in [0.2, 0.25) is 11.8 Å². The van der Waals surface area contributed by atoms with Crippen LogP contribution < -0.4 is 0 Å². The summed E-state index contributed by atoms with van der Waals surface area (Å²) in [5.41, 5.74) is 1.07. The van der Waals surface area contributed by atoms with E-state index in [1.807, 2.05) is 30.3 Å². The molecule has 0 saturated carbocycles. The number of rotatable bonds is 7. The molecule has 0 aliphatic carbocycles. The zero-order chi connectivity index (χ0) is 20.1. The van der Waals surface area contributed by atoms with Crippen LogP contribution in [0.1, 0.15) is 11.1 Å². The number of carbonyl (C=O) groups is 2. The summed E-state index contributed by atoms with van der Waals surface area (Å²) in [6.07, 6.45) is 0.317. The van der Waals surface area contributed by atoms with Crippen LogP contribution in [0.3, 0.4) is 0 Å². The van der Waals surface area contributed by atoms with Gasteiger partial charge in [0.05, 0.1) is 13.2 Å². The van der Waals surface area contributed by atoms with Gasteiger partial charge in [0, 0.05) is 38.2 Å². The fourth-order valence-corrected chi connectivity index (χ4v) is 3.31. The topological polar surface area (TPSA) is 49.9 Å². The van der Waals surface area contributed by atoms with E-state index in [1.54, 1.807) is 0 Å². The SMILES string of the molecule is COCCN1CC(=O)N(Cc2ccc(F)cc2F)[C@H](Cc2ccccc2)C1=O. The Bertz CT molecular complexity index is 845. The molecule has 0 unspecified atom stereocenters. The van der Waals surface area contributed by atoms with E-state index in [0.29, 0.717) is 19.6 Å². The maximum Gasteiger partial charge on any atom is 0.246 e. The normalized spacial score (nSPS) is 17.3. The number of amides is 2. The lowest BCUT2D eigenvalue weighted by molar-refractivity contribution is -0.157. The minimum Gasteiger partial charge on any atom is -0.383 e. The number of piperazine rings is 1. The van der Waals surface area contributed by atoms with Crippen LogP contribution in [0.2, 0.25) is 0 Å². The average Bonchev–Trinajstić information content (AvgIpc) is 2.68. The van der Waals surface area contributed by atoms with Crippen LogP contribution in [0.5, 0.6) is 0 Å². The van der Waals surface area contributed by atoms with Crippen molar-refractivity contribution in [3.8, 4) is 0 Å². The summed E-state index contributed by atoms with van der Waals surface area (Å²) in [7, 11) is 1.53. The maximum atomic E-state index is 14.1. The lowest BCUT2D eigenvalue weighted by atomic mass is 10.00. The van der Waals surface area contributed by atoms with Crippen LogP contribution in [0.15, 0.2) is 48.5 Å². The molecule has 2 amide bonds. The van der Waals surface area contributed by atoms with Gasteiger partial charge in [-0.05, 0) is 11.6 Å². The molecule has 3 rings (SSSR count). The molecule has 148 valence electrons. The van der Waals surface area contributed by atoms with Crippen molar-refractivity contribution in [1.82, 2.24) is 9.80 Å². The van der Waals surface area contributed by atoms with Gasteiger partial charge in [-0.15, -0.1) is 0 Å². The highest BCUT2D eigenvalue weighted by atomic mass is 19.1. The summed E-state index contributed by atoms with van der Waals surface area (Å²) in [4.78, 5) is 28.7. The fraction of sp³-hybridized carbons (Fsp3) is 0.333. The molecule has 28 heavy (non-hydrogen) atoms. The van der Waals surface area contributed by atoms with E-state index in [0.717, 1.165) is 17.7 Å². The number of benzene rings is 2. The third-order valence-corrected chi connectivity index (χ3v) is 4.81. The van der Waals surface area contributed by atoms with Crippen LogP contribution in [-0.2, 0) is 27.3 Å². The van der Waals surface area contributed by atoms with Crippen molar-refractivity contribution >= 4 is 11.8 Å². The van der Waals surface area contributed by atoms with Gasteiger partial charge in [0.1, 0.15) is 17.7 Å². The summed E-state index contributed by atoms with van der Waals surface area (Å²) in [5.74, 6) is -1.90. The molecule has 1 atom stereocenters. The molecule has 1 fully saturated rings. The lowest BCUT2D eigenvalue weighted by Gasteiger charge is -2.40. The summed E-state index contributed by atoms with van der Waals surface area (Å²) in [6.45, 7) is 0.456. The van der Waals surface area contributed by atoms with E-state index in [1.165, 1.54) is 23.0 Å². The number of nitrogens with zero attached hydrogens (tertiary/aromatic N) is 2.